The molecule has 6 nitrogen and oxygen atoms in total. The Morgan fingerprint density at radius 1 is 0.784 bits per heavy atom. The highest BCUT2D eigenvalue weighted by molar-refractivity contribution is 7.99. The van der Waals surface area contributed by atoms with Crippen LogP contribution in [0.15, 0.2) is 0 Å². The molecule has 0 radical (unpaired) electrons. The third-order valence-corrected chi connectivity index (χ3v) is 9.60. The molecule has 0 amide bonds. The van der Waals surface area contributed by atoms with E-state index in [1.165, 1.54) is 83.5 Å². The normalized spacial score (nSPS) is 15.7. The van der Waals surface area contributed by atoms with Gasteiger partial charge in [-0.05, 0) is 38.9 Å². The van der Waals surface area contributed by atoms with Crippen LogP contribution in [0.25, 0.3) is 0 Å². The molecule has 0 aliphatic heterocycles. The van der Waals surface area contributed by atoms with Crippen LogP contribution in [0.3, 0.4) is 0 Å². The second kappa shape index (κ2) is 24.9. The van der Waals surface area contributed by atoms with Crippen molar-refractivity contribution in [2.24, 2.45) is 0 Å². The van der Waals surface area contributed by atoms with E-state index in [9.17, 15) is 14.3 Å². The number of rotatable bonds is 27. The minimum Gasteiger partial charge on any atom is -0.464 e. The molecule has 8 heteroatoms. The first-order valence-corrected chi connectivity index (χ1v) is 17.9. The van der Waals surface area contributed by atoms with Gasteiger partial charge in [0.15, 0.2) is 0 Å². The molecule has 0 fully saturated rings. The highest BCUT2D eigenvalue weighted by Crippen LogP contribution is 2.49. The van der Waals surface area contributed by atoms with Gasteiger partial charge in [0, 0.05) is 5.25 Å². The third kappa shape index (κ3) is 19.6. The molecule has 222 valence electrons. The van der Waals surface area contributed by atoms with Crippen LogP contribution in [0.5, 0.6) is 0 Å². The lowest BCUT2D eigenvalue weighted by Gasteiger charge is -2.29. The fraction of sp³-hybridized carbons (Fsp3) is 0.966. The Hall–Kier alpha value is -0.0700. The Kier molecular flexibility index (Phi) is 24.9. The van der Waals surface area contributed by atoms with Crippen LogP contribution >= 0.6 is 19.4 Å². The first kappa shape index (κ1) is 36.9. The Morgan fingerprint density at radius 2 is 1.30 bits per heavy atom. The van der Waals surface area contributed by atoms with E-state index in [2.05, 4.69) is 13.8 Å². The van der Waals surface area contributed by atoms with Crippen LogP contribution in [0.1, 0.15) is 144 Å². The molecule has 0 aromatic heterocycles. The summed E-state index contributed by atoms with van der Waals surface area (Å²) in [6, 6.07) is 0. The zero-order valence-corrected chi connectivity index (χ0v) is 26.4. The summed E-state index contributed by atoms with van der Waals surface area (Å²) in [7, 11) is -4.30. The number of carbonyl (C=O) groups is 1. The lowest BCUT2D eigenvalue weighted by atomic mass is 10.1. The average molecular weight is 567 g/mol. The smallest absolute Gasteiger partial charge is 0.368 e. The lowest BCUT2D eigenvalue weighted by molar-refractivity contribution is -0.154. The zero-order chi connectivity index (χ0) is 27.8. The molecule has 0 bridgehead atoms. The molecule has 0 aromatic carbocycles. The van der Waals surface area contributed by atoms with Crippen molar-refractivity contribution >= 4 is 25.3 Å². The summed E-state index contributed by atoms with van der Waals surface area (Å²) in [6.07, 6.45) is 20.2. The Morgan fingerprint density at radius 3 is 1.81 bits per heavy atom. The molecule has 37 heavy (non-hydrogen) atoms. The number of ether oxygens (including phenoxy) is 2. The first-order chi connectivity index (χ1) is 17.8. The quantitative estimate of drug-likeness (QED) is 0.0602. The van der Waals surface area contributed by atoms with Crippen molar-refractivity contribution < 1.29 is 28.3 Å². The van der Waals surface area contributed by atoms with Crippen molar-refractivity contribution in [1.29, 1.82) is 0 Å². The molecule has 0 heterocycles. The molecule has 4 atom stereocenters. The molecule has 0 saturated carbocycles. The number of thioether (sulfide) groups is 1. The fourth-order valence-electron chi connectivity index (χ4n) is 4.29. The maximum atomic E-state index is 12.9. The molecular formula is C29H59O6PS. The predicted octanol–water partition coefficient (Wildman–Crippen LogP) is 9.28. The van der Waals surface area contributed by atoms with E-state index in [0.717, 1.165) is 25.0 Å². The van der Waals surface area contributed by atoms with Crippen molar-refractivity contribution in [2.75, 3.05) is 19.0 Å². The van der Waals surface area contributed by atoms with Gasteiger partial charge >= 0.3 is 13.6 Å². The molecular weight excluding hydrogens is 507 g/mol. The summed E-state index contributed by atoms with van der Waals surface area (Å²) in [5.41, 5.74) is 0. The Bertz CT molecular complexity index is 577. The summed E-state index contributed by atoms with van der Waals surface area (Å²) in [4.78, 5) is 23.1. The van der Waals surface area contributed by atoms with Gasteiger partial charge in [-0.1, -0.05) is 111 Å². The highest BCUT2D eigenvalue weighted by atomic mass is 32.2. The average Bonchev–Trinajstić information content (AvgIpc) is 2.87. The van der Waals surface area contributed by atoms with Crippen LogP contribution in [-0.2, 0) is 23.4 Å². The summed E-state index contributed by atoms with van der Waals surface area (Å²) in [6.45, 7) is 10.1. The second-order valence-electron chi connectivity index (χ2n) is 10.1. The minimum absolute atomic E-state index is 0.0933. The fourth-order valence-corrected chi connectivity index (χ4v) is 6.90. The van der Waals surface area contributed by atoms with Gasteiger partial charge in [0.25, 0.3) is 5.85 Å². The van der Waals surface area contributed by atoms with Crippen LogP contribution in [0, 0.1) is 0 Å². The van der Waals surface area contributed by atoms with Crippen LogP contribution in [0.2, 0.25) is 0 Å². The van der Waals surface area contributed by atoms with E-state index in [-0.39, 0.29) is 24.6 Å². The van der Waals surface area contributed by atoms with Gasteiger partial charge in [-0.15, -0.1) is 0 Å². The topological polar surface area (TPSA) is 82.1 Å². The Balaban J connectivity index is 4.95. The van der Waals surface area contributed by atoms with E-state index in [4.69, 9.17) is 14.0 Å². The number of esters is 1. The van der Waals surface area contributed by atoms with Crippen molar-refractivity contribution in [1.82, 2.24) is 0 Å². The number of unbranched alkanes of at least 4 members (excludes halogenated alkanes) is 13. The zero-order valence-electron chi connectivity index (χ0n) is 24.7. The standard InChI is InChI=1S/C29H59O6PS/c1-6-10-12-14-16-18-20-22-25-37-27(23-21-19-17-15-13-11-7-2)26(5)35-29(28(30)33-9-4)36(31,32)34-24-8-3/h26-27,29H,6-25H2,1-5H3,(H,31,32). The Labute approximate surface area is 233 Å². The van der Waals surface area contributed by atoms with Gasteiger partial charge < -0.3 is 18.9 Å². The van der Waals surface area contributed by atoms with Gasteiger partial charge in [0.2, 0.25) is 0 Å². The van der Waals surface area contributed by atoms with E-state index < -0.39 is 19.4 Å². The largest absolute Gasteiger partial charge is 0.464 e. The molecule has 0 rings (SSSR count). The summed E-state index contributed by atoms with van der Waals surface area (Å²) in [5, 5.41) is 0.156. The van der Waals surface area contributed by atoms with Crippen molar-refractivity contribution in [3.63, 3.8) is 0 Å². The van der Waals surface area contributed by atoms with E-state index in [0.29, 0.717) is 6.42 Å². The maximum Gasteiger partial charge on any atom is 0.368 e. The lowest BCUT2D eigenvalue weighted by Crippen LogP contribution is -2.35. The molecule has 0 saturated heterocycles. The highest BCUT2D eigenvalue weighted by Gasteiger charge is 2.43. The molecule has 0 aromatic rings. The second-order valence-corrected chi connectivity index (χ2v) is 13.3. The SMILES string of the molecule is CCCCCCCCCCSC(CCCCCCCCC)C(C)OC(C(=O)OCC)P(=O)(O)OCCC. The van der Waals surface area contributed by atoms with Crippen molar-refractivity contribution in [3.8, 4) is 0 Å². The first-order valence-electron chi connectivity index (χ1n) is 15.2. The molecule has 1 N–H and O–H groups in total. The number of hydrogen-bond acceptors (Lipinski definition) is 6. The van der Waals surface area contributed by atoms with Crippen LogP contribution in [-0.4, -0.2) is 47.0 Å². The van der Waals surface area contributed by atoms with Crippen LogP contribution < -0.4 is 0 Å². The van der Waals surface area contributed by atoms with Crippen LogP contribution in [0.4, 0.5) is 0 Å². The summed E-state index contributed by atoms with van der Waals surface area (Å²) < 4.78 is 29.1. The monoisotopic (exact) mass is 566 g/mol. The summed E-state index contributed by atoms with van der Waals surface area (Å²) in [5.74, 6) is -1.38. The number of carbonyl (C=O) groups excluding carboxylic acids is 1. The van der Waals surface area contributed by atoms with Gasteiger partial charge in [-0.25, -0.2) is 4.79 Å². The third-order valence-electron chi connectivity index (χ3n) is 6.55. The predicted molar refractivity (Wildman–Crippen MR) is 159 cm³/mol. The van der Waals surface area contributed by atoms with Gasteiger partial charge in [-0.3, -0.25) is 4.57 Å². The van der Waals surface area contributed by atoms with Crippen molar-refractivity contribution in [3.05, 3.63) is 0 Å². The molecule has 4 unspecified atom stereocenters. The van der Waals surface area contributed by atoms with Crippen molar-refractivity contribution in [2.45, 2.75) is 161 Å². The van der Waals surface area contributed by atoms with Gasteiger partial charge in [-0.2, -0.15) is 11.8 Å². The number of hydrogen-bond donors (Lipinski definition) is 1. The molecule has 0 spiro atoms. The van der Waals surface area contributed by atoms with E-state index in [1.807, 2.05) is 25.6 Å². The molecule has 0 aliphatic carbocycles. The van der Waals surface area contributed by atoms with Gasteiger partial charge in [0.05, 0.1) is 19.3 Å². The minimum atomic E-state index is -4.30. The maximum absolute atomic E-state index is 12.9. The van der Waals surface area contributed by atoms with Gasteiger partial charge in [0.1, 0.15) is 0 Å². The summed E-state index contributed by atoms with van der Waals surface area (Å²) >= 11 is 1.88. The van der Waals surface area contributed by atoms with E-state index >= 15 is 0 Å². The molecule has 0 aliphatic rings. The van der Waals surface area contributed by atoms with E-state index in [1.54, 1.807) is 6.92 Å².